The van der Waals surface area contributed by atoms with Crippen LogP contribution in [0.5, 0.6) is 5.75 Å². The van der Waals surface area contributed by atoms with Crippen molar-refractivity contribution >= 4 is 23.1 Å². The minimum Gasteiger partial charge on any atom is -0.507 e. The van der Waals surface area contributed by atoms with E-state index in [-0.39, 0.29) is 5.75 Å². The zero-order valence-electron chi connectivity index (χ0n) is 16.3. The predicted octanol–water partition coefficient (Wildman–Crippen LogP) is 1.42. The van der Waals surface area contributed by atoms with Crippen LogP contribution in [0.1, 0.15) is 22.5 Å². The second-order valence-corrected chi connectivity index (χ2v) is 7.36. The number of halogens is 1. The van der Waals surface area contributed by atoms with Gasteiger partial charge in [0.25, 0.3) is 0 Å². The molecule has 3 aromatic carbocycles. The lowest BCUT2D eigenvalue weighted by Crippen LogP contribution is -2.68. The first-order chi connectivity index (χ1) is 14.8. The Balaban J connectivity index is 0.000000491. The molecule has 158 valence electrons. The van der Waals surface area contributed by atoms with Gasteiger partial charge in [-0.1, -0.05) is 60.7 Å². The molecule has 0 aliphatic heterocycles. The molecular formula is C24H19ClO6. The lowest BCUT2D eigenvalue weighted by Gasteiger charge is -2.17. The van der Waals surface area contributed by atoms with E-state index in [4.69, 9.17) is 23.1 Å². The third kappa shape index (κ3) is 7.18. The fourth-order valence-corrected chi connectivity index (χ4v) is 3.02. The second-order valence-electron chi connectivity index (χ2n) is 6.61. The van der Waals surface area contributed by atoms with Gasteiger partial charge in [0, 0.05) is 24.1 Å². The zero-order chi connectivity index (χ0) is 22.3. The maximum Gasteiger partial charge on any atom is 0.360 e. The van der Waals surface area contributed by atoms with Crippen LogP contribution < -0.4 is 18.6 Å². The van der Waals surface area contributed by atoms with Crippen LogP contribution in [0, 0.1) is 10.2 Å². The van der Waals surface area contributed by atoms with Crippen molar-refractivity contribution in [3.8, 4) is 5.75 Å². The number of hydrogen-bond acceptors (Lipinski definition) is 5. The molecule has 0 amide bonds. The first-order valence-electron chi connectivity index (χ1n) is 9.26. The van der Waals surface area contributed by atoms with Crippen molar-refractivity contribution in [1.29, 1.82) is 0 Å². The molecule has 0 unspecified atom stereocenters. The number of para-hydroxylation sites is 2. The zero-order valence-corrected chi connectivity index (χ0v) is 17.1. The third-order valence-electron chi connectivity index (χ3n) is 4.37. The fourth-order valence-electron chi connectivity index (χ4n) is 3.02. The average Bonchev–Trinajstić information content (AvgIpc) is 2.73. The van der Waals surface area contributed by atoms with E-state index in [0.29, 0.717) is 0 Å². The monoisotopic (exact) mass is 438 g/mol. The van der Waals surface area contributed by atoms with Gasteiger partial charge in [0.1, 0.15) is 5.75 Å². The third-order valence-corrected chi connectivity index (χ3v) is 4.37. The Bertz CT molecular complexity index is 1160. The second kappa shape index (κ2) is 10.2. The van der Waals surface area contributed by atoms with Gasteiger partial charge >= 0.3 is 11.3 Å². The van der Waals surface area contributed by atoms with Crippen molar-refractivity contribution in [2.45, 2.75) is 6.42 Å². The van der Waals surface area contributed by atoms with E-state index in [1.165, 1.54) is 5.56 Å². The van der Waals surface area contributed by atoms with Gasteiger partial charge in [-0.3, -0.25) is 0 Å². The standard InChI is InChI=1S/C24H18O2.ClHO4/c25-22-12-6-4-10-19(22)14-15-24-21(16-18-8-2-1-3-9-18)17-20-11-5-7-13-23(20)26-24;2-1(3,4)5/h1-15,17H,16H2;(H,2,3,4,5)/b15-14+;. The SMILES string of the molecule is Oc1ccccc1/C=C/c1[o+]c2ccccc2cc1Cc1ccccc1.[O-][Cl+3]([O-])([O-])[O-]. The molecule has 7 heteroatoms. The Morgan fingerprint density at radius 2 is 1.39 bits per heavy atom. The van der Waals surface area contributed by atoms with E-state index in [1.807, 2.05) is 66.7 Å². The van der Waals surface area contributed by atoms with Crippen molar-refractivity contribution in [2.24, 2.45) is 0 Å². The van der Waals surface area contributed by atoms with Crippen molar-refractivity contribution in [3.63, 3.8) is 0 Å². The fraction of sp³-hybridized carbons (Fsp3) is 0.0417. The molecular weight excluding hydrogens is 420 g/mol. The van der Waals surface area contributed by atoms with E-state index in [9.17, 15) is 5.11 Å². The number of hydrogen-bond donors (Lipinski definition) is 1. The number of aromatic hydroxyl groups is 1. The van der Waals surface area contributed by atoms with Crippen molar-refractivity contribution in [3.05, 3.63) is 107 Å². The largest absolute Gasteiger partial charge is 0.507 e. The molecule has 6 nitrogen and oxygen atoms in total. The maximum absolute atomic E-state index is 9.98. The molecule has 0 saturated heterocycles. The van der Waals surface area contributed by atoms with Gasteiger partial charge in [0.05, 0.1) is 10.9 Å². The van der Waals surface area contributed by atoms with E-state index in [2.05, 4.69) is 24.3 Å². The summed E-state index contributed by atoms with van der Waals surface area (Å²) in [5.74, 6) is 1.06. The lowest BCUT2D eigenvalue weighted by molar-refractivity contribution is -2.00. The summed E-state index contributed by atoms with van der Waals surface area (Å²) in [7, 11) is -4.94. The Labute approximate surface area is 181 Å². The Kier molecular flexibility index (Phi) is 7.36. The van der Waals surface area contributed by atoms with Crippen LogP contribution in [0.2, 0.25) is 0 Å². The summed E-state index contributed by atoms with van der Waals surface area (Å²) in [5.41, 5.74) is 3.96. The van der Waals surface area contributed by atoms with E-state index >= 15 is 0 Å². The van der Waals surface area contributed by atoms with Gasteiger partial charge in [-0.05, 0) is 29.8 Å². The lowest BCUT2D eigenvalue weighted by atomic mass is 10.0. The van der Waals surface area contributed by atoms with Crippen molar-refractivity contribution in [2.75, 3.05) is 0 Å². The minimum absolute atomic E-state index is 0.258. The average molecular weight is 439 g/mol. The highest BCUT2D eigenvalue weighted by atomic mass is 35.7. The summed E-state index contributed by atoms with van der Waals surface area (Å²) in [5, 5.41) is 11.1. The van der Waals surface area contributed by atoms with E-state index in [0.717, 1.165) is 34.3 Å². The Morgan fingerprint density at radius 1 is 0.774 bits per heavy atom. The van der Waals surface area contributed by atoms with Gasteiger partial charge in [0.2, 0.25) is 0 Å². The number of fused-ring (bicyclic) bond motifs is 1. The predicted molar refractivity (Wildman–Crippen MR) is 107 cm³/mol. The van der Waals surface area contributed by atoms with Gasteiger partial charge in [-0.25, -0.2) is 23.1 Å². The molecule has 1 heterocycles. The van der Waals surface area contributed by atoms with Crippen LogP contribution in [0.15, 0.2) is 89.3 Å². The molecule has 4 rings (SSSR count). The smallest absolute Gasteiger partial charge is 0.360 e. The first kappa shape index (κ1) is 22.4. The van der Waals surface area contributed by atoms with Gasteiger partial charge in [-0.2, -0.15) is 0 Å². The topological polar surface area (TPSA) is 124 Å². The summed E-state index contributed by atoms with van der Waals surface area (Å²) >= 11 is 0. The molecule has 0 radical (unpaired) electrons. The molecule has 0 bridgehead atoms. The molecule has 0 fully saturated rings. The Hall–Kier alpha value is -3.26. The number of phenolic OH excluding ortho intramolecular Hbond substituents is 1. The minimum atomic E-state index is -4.94. The quantitative estimate of drug-likeness (QED) is 0.480. The molecule has 0 aliphatic rings. The first-order valence-corrected chi connectivity index (χ1v) is 10.5. The highest BCUT2D eigenvalue weighted by Crippen LogP contribution is 2.25. The van der Waals surface area contributed by atoms with E-state index in [1.54, 1.807) is 6.07 Å². The van der Waals surface area contributed by atoms with Crippen LogP contribution in [0.4, 0.5) is 0 Å². The molecule has 31 heavy (non-hydrogen) atoms. The molecule has 1 N–H and O–H groups in total. The highest BCUT2D eigenvalue weighted by molar-refractivity contribution is 5.80. The Morgan fingerprint density at radius 3 is 2.10 bits per heavy atom. The van der Waals surface area contributed by atoms with Crippen LogP contribution >= 0.6 is 0 Å². The summed E-state index contributed by atoms with van der Waals surface area (Å²) in [6, 6.07) is 27.8. The summed E-state index contributed by atoms with van der Waals surface area (Å²) in [6.45, 7) is 0. The molecule has 4 aromatic rings. The van der Waals surface area contributed by atoms with Crippen molar-refractivity contribution in [1.82, 2.24) is 0 Å². The number of benzene rings is 3. The number of rotatable bonds is 4. The summed E-state index contributed by atoms with van der Waals surface area (Å²) < 4.78 is 40.1. The highest BCUT2D eigenvalue weighted by Gasteiger charge is 2.17. The molecule has 0 atom stereocenters. The van der Waals surface area contributed by atoms with Crippen LogP contribution in [-0.2, 0) is 6.42 Å². The summed E-state index contributed by atoms with van der Waals surface area (Å²) in [4.78, 5) is 0. The van der Waals surface area contributed by atoms with Crippen molar-refractivity contribution < 1.29 is 38.4 Å². The van der Waals surface area contributed by atoms with E-state index < -0.39 is 10.2 Å². The molecule has 0 spiro atoms. The normalized spacial score (nSPS) is 11.4. The van der Waals surface area contributed by atoms with Gasteiger partial charge in [-0.15, -0.1) is 10.2 Å². The van der Waals surface area contributed by atoms with Crippen LogP contribution in [-0.4, -0.2) is 5.11 Å². The van der Waals surface area contributed by atoms with Gasteiger partial charge < -0.3 is 5.11 Å². The summed E-state index contributed by atoms with van der Waals surface area (Å²) in [6.07, 6.45) is 4.60. The number of phenols is 1. The van der Waals surface area contributed by atoms with Gasteiger partial charge in [0.15, 0.2) is 0 Å². The molecule has 1 aromatic heterocycles. The van der Waals surface area contributed by atoms with Crippen LogP contribution in [0.3, 0.4) is 0 Å². The molecule has 0 aliphatic carbocycles. The maximum atomic E-state index is 9.98. The molecule has 0 saturated carbocycles. The van der Waals surface area contributed by atoms with Crippen LogP contribution in [0.25, 0.3) is 23.1 Å².